The number of rotatable bonds is 4. The summed E-state index contributed by atoms with van der Waals surface area (Å²) in [5.74, 6) is 0. The number of halogens is 2. The maximum absolute atomic E-state index is 8.65. The van der Waals surface area contributed by atoms with Crippen LogP contribution in [0.5, 0.6) is 0 Å². The average Bonchev–Trinajstić information content (AvgIpc) is 1.87. The van der Waals surface area contributed by atoms with Crippen LogP contribution in [-0.4, -0.2) is 21.4 Å². The summed E-state index contributed by atoms with van der Waals surface area (Å²) in [4.78, 5) is 0.616. The average molecular weight is 260 g/mol. The lowest BCUT2D eigenvalue weighted by Gasteiger charge is -2.11. The van der Waals surface area contributed by atoms with E-state index in [-0.39, 0.29) is 11.4 Å². The van der Waals surface area contributed by atoms with E-state index in [1.54, 1.807) is 0 Å². The van der Waals surface area contributed by atoms with Crippen molar-refractivity contribution in [3.05, 3.63) is 0 Å². The first kappa shape index (κ1) is 9.92. The lowest BCUT2D eigenvalue weighted by molar-refractivity contribution is 0.294. The van der Waals surface area contributed by atoms with Gasteiger partial charge in [-0.05, 0) is 6.42 Å². The van der Waals surface area contributed by atoms with Crippen molar-refractivity contribution in [3.63, 3.8) is 0 Å². The highest BCUT2D eigenvalue weighted by Gasteiger charge is 2.12. The van der Waals surface area contributed by atoms with Crippen molar-refractivity contribution >= 4 is 31.9 Å². The molecule has 0 amide bonds. The maximum Gasteiger partial charge on any atom is 0.0567 e. The topological polar surface area (TPSA) is 20.2 Å². The SMILES string of the molecule is CCCC(Br)C(Br)CO. The molecule has 0 saturated heterocycles. The normalized spacial score (nSPS) is 17.3. The zero-order chi connectivity index (χ0) is 7.28. The fourth-order valence-corrected chi connectivity index (χ4v) is 1.46. The monoisotopic (exact) mass is 258 g/mol. The first-order valence-electron chi connectivity index (χ1n) is 3.11. The molecule has 1 nitrogen and oxygen atoms in total. The summed E-state index contributed by atoms with van der Waals surface area (Å²) < 4.78 is 0. The second kappa shape index (κ2) is 5.69. The van der Waals surface area contributed by atoms with Crippen molar-refractivity contribution in [2.75, 3.05) is 6.61 Å². The maximum atomic E-state index is 8.65. The molecule has 0 aliphatic heterocycles. The first-order valence-corrected chi connectivity index (χ1v) is 4.94. The molecule has 0 aromatic heterocycles. The first-order chi connectivity index (χ1) is 4.22. The van der Waals surface area contributed by atoms with Crippen LogP contribution in [0.4, 0.5) is 0 Å². The molecule has 0 bridgehead atoms. The van der Waals surface area contributed by atoms with Gasteiger partial charge in [-0.1, -0.05) is 45.2 Å². The standard InChI is InChI=1S/C6H12Br2O/c1-2-3-5(7)6(8)4-9/h5-6,9H,2-4H2,1H3. The van der Waals surface area contributed by atoms with Gasteiger partial charge >= 0.3 is 0 Å². The largest absolute Gasteiger partial charge is 0.395 e. The lowest BCUT2D eigenvalue weighted by Crippen LogP contribution is -2.17. The Morgan fingerprint density at radius 3 is 2.22 bits per heavy atom. The lowest BCUT2D eigenvalue weighted by atomic mass is 10.2. The Morgan fingerprint density at radius 2 is 1.89 bits per heavy atom. The van der Waals surface area contributed by atoms with Crippen LogP contribution < -0.4 is 0 Å². The van der Waals surface area contributed by atoms with Gasteiger partial charge in [0.05, 0.1) is 11.4 Å². The molecule has 2 atom stereocenters. The number of alkyl halides is 2. The quantitative estimate of drug-likeness (QED) is 0.769. The van der Waals surface area contributed by atoms with Crippen molar-refractivity contribution in [1.82, 2.24) is 0 Å². The number of hydrogen-bond acceptors (Lipinski definition) is 1. The molecule has 0 heterocycles. The number of hydrogen-bond donors (Lipinski definition) is 1. The summed E-state index contributed by atoms with van der Waals surface area (Å²) in [6, 6.07) is 0. The third kappa shape index (κ3) is 4.34. The van der Waals surface area contributed by atoms with E-state index in [0.29, 0.717) is 4.83 Å². The minimum Gasteiger partial charge on any atom is -0.395 e. The van der Waals surface area contributed by atoms with Crippen molar-refractivity contribution in [3.8, 4) is 0 Å². The number of aliphatic hydroxyl groups excluding tert-OH is 1. The molecule has 9 heavy (non-hydrogen) atoms. The van der Waals surface area contributed by atoms with Gasteiger partial charge in [-0.25, -0.2) is 0 Å². The molecule has 1 N–H and O–H groups in total. The Labute approximate surface area is 73.1 Å². The molecule has 0 radical (unpaired) electrons. The Kier molecular flexibility index (Phi) is 6.27. The van der Waals surface area contributed by atoms with Crippen LogP contribution in [0.25, 0.3) is 0 Å². The predicted molar refractivity (Wildman–Crippen MR) is 47.4 cm³/mol. The summed E-state index contributed by atoms with van der Waals surface area (Å²) in [7, 11) is 0. The summed E-state index contributed by atoms with van der Waals surface area (Å²) in [6.45, 7) is 2.33. The van der Waals surface area contributed by atoms with E-state index >= 15 is 0 Å². The van der Waals surface area contributed by atoms with Gasteiger partial charge < -0.3 is 5.11 Å². The Balaban J connectivity index is 3.32. The molecule has 56 valence electrons. The molecule has 3 heteroatoms. The van der Waals surface area contributed by atoms with Crippen LogP contribution in [0.3, 0.4) is 0 Å². The summed E-state index contributed by atoms with van der Waals surface area (Å²) in [5, 5.41) is 8.65. The second-order valence-corrected chi connectivity index (χ2v) is 4.36. The van der Waals surface area contributed by atoms with Gasteiger partial charge in [0, 0.05) is 4.83 Å². The van der Waals surface area contributed by atoms with E-state index in [1.165, 1.54) is 0 Å². The van der Waals surface area contributed by atoms with Crippen molar-refractivity contribution in [1.29, 1.82) is 0 Å². The van der Waals surface area contributed by atoms with E-state index in [4.69, 9.17) is 5.11 Å². The molecule has 0 rings (SSSR count). The Bertz CT molecular complexity index is 68.1. The molecule has 0 aromatic carbocycles. The van der Waals surface area contributed by atoms with E-state index < -0.39 is 0 Å². The molecule has 0 fully saturated rings. The molecule has 0 aromatic rings. The third-order valence-electron chi connectivity index (χ3n) is 1.13. The van der Waals surface area contributed by atoms with Crippen LogP contribution in [0.1, 0.15) is 19.8 Å². The van der Waals surface area contributed by atoms with Crippen LogP contribution in [0.15, 0.2) is 0 Å². The van der Waals surface area contributed by atoms with E-state index in [0.717, 1.165) is 12.8 Å². The van der Waals surface area contributed by atoms with Gasteiger partial charge in [-0.3, -0.25) is 0 Å². The van der Waals surface area contributed by atoms with Gasteiger partial charge in [-0.15, -0.1) is 0 Å². The molecule has 2 unspecified atom stereocenters. The molecular weight excluding hydrogens is 248 g/mol. The van der Waals surface area contributed by atoms with Crippen LogP contribution >= 0.6 is 31.9 Å². The molecule has 0 spiro atoms. The Morgan fingerprint density at radius 1 is 1.33 bits per heavy atom. The van der Waals surface area contributed by atoms with Crippen molar-refractivity contribution < 1.29 is 5.11 Å². The fourth-order valence-electron chi connectivity index (χ4n) is 0.571. The van der Waals surface area contributed by atoms with Gasteiger partial charge in [0.2, 0.25) is 0 Å². The van der Waals surface area contributed by atoms with Crippen LogP contribution in [0, 0.1) is 0 Å². The molecule has 0 aliphatic rings. The predicted octanol–water partition coefficient (Wildman–Crippen LogP) is 2.31. The van der Waals surface area contributed by atoms with E-state index in [2.05, 4.69) is 38.8 Å². The van der Waals surface area contributed by atoms with Crippen LogP contribution in [-0.2, 0) is 0 Å². The van der Waals surface area contributed by atoms with Crippen molar-refractivity contribution in [2.24, 2.45) is 0 Å². The summed E-state index contributed by atoms with van der Waals surface area (Å²) in [6.07, 6.45) is 2.26. The van der Waals surface area contributed by atoms with E-state index in [9.17, 15) is 0 Å². The minimum atomic E-state index is 0.204. The highest BCUT2D eigenvalue weighted by atomic mass is 79.9. The summed E-state index contributed by atoms with van der Waals surface area (Å²) in [5.41, 5.74) is 0. The van der Waals surface area contributed by atoms with Crippen molar-refractivity contribution in [2.45, 2.75) is 29.4 Å². The molecule has 0 saturated carbocycles. The molecule has 0 aliphatic carbocycles. The van der Waals surface area contributed by atoms with Gasteiger partial charge in [0.15, 0.2) is 0 Å². The smallest absolute Gasteiger partial charge is 0.0567 e. The zero-order valence-corrected chi connectivity index (χ0v) is 8.65. The fraction of sp³-hybridized carbons (Fsp3) is 1.00. The second-order valence-electron chi connectivity index (χ2n) is 2.00. The zero-order valence-electron chi connectivity index (χ0n) is 5.48. The van der Waals surface area contributed by atoms with Gasteiger partial charge in [0.25, 0.3) is 0 Å². The highest BCUT2D eigenvalue weighted by molar-refractivity contribution is 9.12. The van der Waals surface area contributed by atoms with Gasteiger partial charge in [-0.2, -0.15) is 0 Å². The Hall–Kier alpha value is 0.920. The highest BCUT2D eigenvalue weighted by Crippen LogP contribution is 2.18. The van der Waals surface area contributed by atoms with E-state index in [1.807, 2.05) is 0 Å². The van der Waals surface area contributed by atoms with Gasteiger partial charge in [0.1, 0.15) is 0 Å². The molecular formula is C6H12Br2O. The number of aliphatic hydroxyl groups is 1. The third-order valence-corrected chi connectivity index (χ3v) is 3.86. The van der Waals surface area contributed by atoms with Crippen LogP contribution in [0.2, 0.25) is 0 Å². The summed E-state index contributed by atoms with van der Waals surface area (Å²) >= 11 is 6.80. The minimum absolute atomic E-state index is 0.204.